The lowest BCUT2D eigenvalue weighted by atomic mass is 10.1. The Balaban J connectivity index is 1.72. The summed E-state index contributed by atoms with van der Waals surface area (Å²) in [7, 11) is 0. The largest absolute Gasteiger partial charge is 0.388 e. The maximum Gasteiger partial charge on any atom is 0.223 e. The summed E-state index contributed by atoms with van der Waals surface area (Å²) in [6.45, 7) is 10.1. The predicted octanol–water partition coefficient (Wildman–Crippen LogP) is 1.39. The van der Waals surface area contributed by atoms with Crippen molar-refractivity contribution in [2.24, 2.45) is 0 Å². The number of aliphatic hydroxyl groups is 1. The van der Waals surface area contributed by atoms with Crippen molar-refractivity contribution in [2.45, 2.75) is 32.4 Å². The van der Waals surface area contributed by atoms with Crippen LogP contribution >= 0.6 is 0 Å². The fourth-order valence-corrected chi connectivity index (χ4v) is 2.99. The number of carbonyl (C=O) groups excluding carboxylic acids is 1. The molecule has 6 heteroatoms. The number of rotatable bonds is 7. The summed E-state index contributed by atoms with van der Waals surface area (Å²) in [5.74, 6) is -0.627. The molecule has 0 spiro atoms. The molecule has 0 bridgehead atoms. The summed E-state index contributed by atoms with van der Waals surface area (Å²) in [5, 5.41) is 12.9. The molecule has 24 heavy (non-hydrogen) atoms. The first-order valence-corrected chi connectivity index (χ1v) is 8.66. The molecule has 1 fully saturated rings. The van der Waals surface area contributed by atoms with Gasteiger partial charge in [0.2, 0.25) is 5.91 Å². The molecule has 1 aliphatic rings. The van der Waals surface area contributed by atoms with E-state index in [1.165, 1.54) is 18.2 Å². The number of hydrogen-bond acceptors (Lipinski definition) is 4. The number of carbonyl (C=O) groups is 1. The number of benzene rings is 1. The van der Waals surface area contributed by atoms with Crippen LogP contribution in [0.2, 0.25) is 0 Å². The van der Waals surface area contributed by atoms with Crippen molar-refractivity contribution in [2.75, 3.05) is 39.3 Å². The first-order chi connectivity index (χ1) is 11.5. The van der Waals surface area contributed by atoms with Gasteiger partial charge in [-0.1, -0.05) is 19.1 Å². The first kappa shape index (κ1) is 18.8. The van der Waals surface area contributed by atoms with E-state index < -0.39 is 11.9 Å². The zero-order valence-electron chi connectivity index (χ0n) is 14.5. The highest BCUT2D eigenvalue weighted by Crippen LogP contribution is 2.17. The van der Waals surface area contributed by atoms with E-state index in [1.807, 2.05) is 0 Å². The molecule has 134 valence electrons. The van der Waals surface area contributed by atoms with Crippen molar-refractivity contribution in [3.63, 3.8) is 0 Å². The van der Waals surface area contributed by atoms with Gasteiger partial charge in [0, 0.05) is 38.8 Å². The molecule has 2 atom stereocenters. The Kier molecular flexibility index (Phi) is 7.15. The van der Waals surface area contributed by atoms with Crippen LogP contribution in [0, 0.1) is 5.82 Å². The van der Waals surface area contributed by atoms with E-state index >= 15 is 0 Å². The highest BCUT2D eigenvalue weighted by atomic mass is 19.1. The maximum absolute atomic E-state index is 13.2. The first-order valence-electron chi connectivity index (χ1n) is 8.66. The van der Waals surface area contributed by atoms with Crippen molar-refractivity contribution < 1.29 is 14.3 Å². The van der Waals surface area contributed by atoms with E-state index in [1.54, 1.807) is 6.07 Å². The van der Waals surface area contributed by atoms with Gasteiger partial charge in [-0.2, -0.15) is 0 Å². The molecule has 5 nitrogen and oxygen atoms in total. The minimum atomic E-state index is -0.982. The van der Waals surface area contributed by atoms with E-state index in [-0.39, 0.29) is 18.4 Å². The molecule has 0 radical (unpaired) electrons. The Labute approximate surface area is 143 Å². The van der Waals surface area contributed by atoms with Crippen LogP contribution < -0.4 is 5.32 Å². The molecule has 1 saturated heterocycles. The van der Waals surface area contributed by atoms with Gasteiger partial charge in [0.15, 0.2) is 0 Å². The van der Waals surface area contributed by atoms with Crippen molar-refractivity contribution >= 4 is 5.91 Å². The van der Waals surface area contributed by atoms with Gasteiger partial charge in [0.25, 0.3) is 0 Å². The normalized spacial score (nSPS) is 19.0. The maximum atomic E-state index is 13.2. The second kappa shape index (κ2) is 9.11. The lowest BCUT2D eigenvalue weighted by Crippen LogP contribution is -2.52. The molecule has 2 rings (SSSR count). The van der Waals surface area contributed by atoms with Gasteiger partial charge >= 0.3 is 0 Å². The monoisotopic (exact) mass is 337 g/mol. The van der Waals surface area contributed by atoms with Gasteiger partial charge in [0.05, 0.1) is 12.5 Å². The lowest BCUT2D eigenvalue weighted by molar-refractivity contribution is -0.123. The number of piperazine rings is 1. The summed E-state index contributed by atoms with van der Waals surface area (Å²) >= 11 is 0. The molecule has 0 aliphatic carbocycles. The molecule has 2 N–H and O–H groups in total. The molecule has 2 unspecified atom stereocenters. The van der Waals surface area contributed by atoms with Crippen LogP contribution in [0.4, 0.5) is 4.39 Å². The second-order valence-electron chi connectivity index (χ2n) is 6.40. The number of aliphatic hydroxyl groups excluding tert-OH is 1. The van der Waals surface area contributed by atoms with Crippen LogP contribution in [-0.4, -0.2) is 66.1 Å². The third-order valence-corrected chi connectivity index (χ3v) is 4.68. The van der Waals surface area contributed by atoms with Crippen LogP contribution in [-0.2, 0) is 4.79 Å². The van der Waals surface area contributed by atoms with Crippen LogP contribution in [0.3, 0.4) is 0 Å². The summed E-state index contributed by atoms with van der Waals surface area (Å²) in [4.78, 5) is 16.8. The Morgan fingerprint density at radius 2 is 2.04 bits per heavy atom. The minimum absolute atomic E-state index is 0.0558. The third-order valence-electron chi connectivity index (χ3n) is 4.68. The molecular weight excluding hydrogens is 309 g/mol. The summed E-state index contributed by atoms with van der Waals surface area (Å²) in [6, 6.07) is 5.99. The zero-order valence-corrected chi connectivity index (χ0v) is 14.5. The average molecular weight is 337 g/mol. The van der Waals surface area contributed by atoms with Gasteiger partial charge < -0.3 is 15.3 Å². The average Bonchev–Trinajstić information content (AvgIpc) is 2.59. The number of amides is 1. The van der Waals surface area contributed by atoms with Crippen LogP contribution in [0.5, 0.6) is 0 Å². The number of nitrogens with zero attached hydrogens (tertiary/aromatic N) is 2. The van der Waals surface area contributed by atoms with E-state index in [2.05, 4.69) is 29.0 Å². The molecule has 1 aliphatic heterocycles. The van der Waals surface area contributed by atoms with Gasteiger partial charge in [-0.25, -0.2) is 4.39 Å². The second-order valence-corrected chi connectivity index (χ2v) is 6.40. The molecule has 1 amide bonds. The Hall–Kier alpha value is -1.50. The van der Waals surface area contributed by atoms with E-state index in [0.29, 0.717) is 12.1 Å². The third kappa shape index (κ3) is 5.54. The summed E-state index contributed by atoms with van der Waals surface area (Å²) in [6.07, 6.45) is -1.04. The lowest BCUT2D eigenvalue weighted by Gasteiger charge is -2.37. The van der Waals surface area contributed by atoms with Crippen molar-refractivity contribution in [3.05, 3.63) is 35.6 Å². The minimum Gasteiger partial charge on any atom is -0.388 e. The highest BCUT2D eigenvalue weighted by molar-refractivity contribution is 5.76. The Morgan fingerprint density at radius 3 is 2.67 bits per heavy atom. The summed E-state index contributed by atoms with van der Waals surface area (Å²) in [5.41, 5.74) is 0.425. The Bertz CT molecular complexity index is 533. The zero-order chi connectivity index (χ0) is 17.5. The van der Waals surface area contributed by atoms with Crippen LogP contribution in [0.1, 0.15) is 31.9 Å². The molecule has 0 saturated carbocycles. The Morgan fingerprint density at radius 1 is 1.33 bits per heavy atom. The van der Waals surface area contributed by atoms with E-state index in [0.717, 1.165) is 32.7 Å². The molecule has 0 aromatic heterocycles. The van der Waals surface area contributed by atoms with Gasteiger partial charge in [-0.15, -0.1) is 0 Å². The quantitative estimate of drug-likeness (QED) is 0.790. The standard InChI is InChI=1S/C18H28FN3O2/c1-3-21-7-9-22(10-8-21)14(2)13-20-18(24)12-17(23)15-5-4-6-16(19)11-15/h4-6,11,14,17,23H,3,7-10,12-13H2,1-2H3,(H,20,24). The smallest absolute Gasteiger partial charge is 0.223 e. The fourth-order valence-electron chi connectivity index (χ4n) is 2.99. The van der Waals surface area contributed by atoms with Gasteiger partial charge in [-0.3, -0.25) is 9.69 Å². The fraction of sp³-hybridized carbons (Fsp3) is 0.611. The van der Waals surface area contributed by atoms with Gasteiger partial charge in [-0.05, 0) is 31.2 Å². The summed E-state index contributed by atoms with van der Waals surface area (Å²) < 4.78 is 13.2. The number of nitrogens with one attached hydrogen (secondary N) is 1. The molecule has 1 aromatic carbocycles. The van der Waals surface area contributed by atoms with Gasteiger partial charge in [0.1, 0.15) is 5.82 Å². The SMILES string of the molecule is CCN1CCN(C(C)CNC(=O)CC(O)c2cccc(F)c2)CC1. The topological polar surface area (TPSA) is 55.8 Å². The highest BCUT2D eigenvalue weighted by Gasteiger charge is 2.21. The molecule has 1 heterocycles. The van der Waals surface area contributed by atoms with E-state index in [4.69, 9.17) is 0 Å². The van der Waals surface area contributed by atoms with Crippen LogP contribution in [0.15, 0.2) is 24.3 Å². The van der Waals surface area contributed by atoms with Crippen molar-refractivity contribution in [1.82, 2.24) is 15.1 Å². The number of likely N-dealkylation sites (N-methyl/N-ethyl adjacent to an activating group) is 1. The van der Waals surface area contributed by atoms with Crippen LogP contribution in [0.25, 0.3) is 0 Å². The van der Waals surface area contributed by atoms with Crippen molar-refractivity contribution in [1.29, 1.82) is 0 Å². The molecule has 1 aromatic rings. The van der Waals surface area contributed by atoms with E-state index in [9.17, 15) is 14.3 Å². The number of hydrogen-bond donors (Lipinski definition) is 2. The number of halogens is 1. The molecular formula is C18H28FN3O2. The predicted molar refractivity (Wildman–Crippen MR) is 92.1 cm³/mol. The van der Waals surface area contributed by atoms with Crippen molar-refractivity contribution in [3.8, 4) is 0 Å².